The number of anilines is 2. The summed E-state index contributed by atoms with van der Waals surface area (Å²) in [5, 5.41) is 2.86. The van der Waals surface area contributed by atoms with E-state index in [0.717, 1.165) is 36.2 Å². The summed E-state index contributed by atoms with van der Waals surface area (Å²) < 4.78 is 3.77. The molecule has 146 valence electrons. The molecular weight excluding hydrogens is 360 g/mol. The van der Waals surface area contributed by atoms with E-state index in [1.54, 1.807) is 11.6 Å². The Bertz CT molecular complexity index is 1170. The van der Waals surface area contributed by atoms with E-state index in [4.69, 9.17) is 0 Å². The minimum atomic E-state index is -0.570. The number of carbonyl (C=O) groups excluding carboxylic acids is 1. The number of hydrogen-bond donors (Lipinski definition) is 1. The van der Waals surface area contributed by atoms with Gasteiger partial charge in [0.2, 0.25) is 5.91 Å². The zero-order valence-corrected chi connectivity index (χ0v) is 15.9. The zero-order chi connectivity index (χ0) is 19.8. The van der Waals surface area contributed by atoms with Crippen LogP contribution in [0.15, 0.2) is 40.2 Å². The number of aromatic nitrogens is 4. The molecule has 3 aromatic rings. The molecule has 3 heterocycles. The quantitative estimate of drug-likeness (QED) is 0.716. The van der Waals surface area contributed by atoms with Crippen molar-refractivity contribution in [1.82, 2.24) is 18.7 Å². The summed E-state index contributed by atoms with van der Waals surface area (Å²) in [6.07, 6.45) is 3.72. The van der Waals surface area contributed by atoms with E-state index < -0.39 is 17.2 Å². The molecule has 1 amide bonds. The first-order valence-electron chi connectivity index (χ1n) is 9.22. The smallest absolute Gasteiger partial charge is 0.332 e. The minimum absolute atomic E-state index is 0.285. The van der Waals surface area contributed by atoms with Crippen LogP contribution in [0.5, 0.6) is 0 Å². The van der Waals surface area contributed by atoms with Crippen LogP contribution in [0.3, 0.4) is 0 Å². The maximum atomic E-state index is 12.7. The summed E-state index contributed by atoms with van der Waals surface area (Å²) in [6, 6.07) is 7.58. The van der Waals surface area contributed by atoms with Crippen molar-refractivity contribution >= 4 is 28.4 Å². The fourth-order valence-corrected chi connectivity index (χ4v) is 3.68. The standard InChI is InChI=1S/C19H22N6O3/c1-22-12-20-17-16(22)18(27)25(19(28)23(17)2)11-15(26)21-13-7-3-4-8-14(13)24-9-5-6-10-24/h3-4,7-8,12H,5-6,9-11H2,1-2H3,(H,21,26). The van der Waals surface area contributed by atoms with Crippen LogP contribution in [0.4, 0.5) is 11.4 Å². The predicted octanol–water partition coefficient (Wildman–Crippen LogP) is 0.673. The first-order chi connectivity index (χ1) is 13.5. The summed E-state index contributed by atoms with van der Waals surface area (Å²) in [5.74, 6) is -0.424. The van der Waals surface area contributed by atoms with Crippen LogP contribution in [0, 0.1) is 0 Å². The molecule has 0 radical (unpaired) electrons. The van der Waals surface area contributed by atoms with Gasteiger partial charge in [-0.3, -0.25) is 14.2 Å². The molecule has 0 spiro atoms. The van der Waals surface area contributed by atoms with Crippen molar-refractivity contribution in [2.24, 2.45) is 14.1 Å². The second-order valence-corrected chi connectivity index (χ2v) is 7.02. The van der Waals surface area contributed by atoms with Crippen molar-refractivity contribution < 1.29 is 4.79 Å². The van der Waals surface area contributed by atoms with Gasteiger partial charge < -0.3 is 14.8 Å². The first-order valence-corrected chi connectivity index (χ1v) is 9.22. The normalized spacial score (nSPS) is 14.0. The number of aryl methyl sites for hydroxylation is 2. The van der Waals surface area contributed by atoms with Gasteiger partial charge in [0.25, 0.3) is 5.56 Å². The SMILES string of the molecule is Cn1cnc2c1c(=O)n(CC(=O)Nc1ccccc1N1CCCC1)c(=O)n2C. The molecule has 1 fully saturated rings. The fraction of sp³-hybridized carbons (Fsp3) is 0.368. The molecule has 1 N–H and O–H groups in total. The predicted molar refractivity (Wildman–Crippen MR) is 107 cm³/mol. The fourth-order valence-electron chi connectivity index (χ4n) is 3.68. The summed E-state index contributed by atoms with van der Waals surface area (Å²) in [4.78, 5) is 44.3. The van der Waals surface area contributed by atoms with Gasteiger partial charge in [0, 0.05) is 27.2 Å². The van der Waals surface area contributed by atoms with Crippen LogP contribution < -0.4 is 21.5 Å². The zero-order valence-electron chi connectivity index (χ0n) is 15.9. The van der Waals surface area contributed by atoms with Gasteiger partial charge in [-0.25, -0.2) is 14.3 Å². The number of amides is 1. The summed E-state index contributed by atoms with van der Waals surface area (Å²) in [6.45, 7) is 1.54. The van der Waals surface area contributed by atoms with Gasteiger partial charge in [-0.05, 0) is 25.0 Å². The van der Waals surface area contributed by atoms with Gasteiger partial charge in [0.1, 0.15) is 6.54 Å². The molecule has 9 nitrogen and oxygen atoms in total. The van der Waals surface area contributed by atoms with Crippen molar-refractivity contribution in [2.75, 3.05) is 23.3 Å². The van der Waals surface area contributed by atoms with E-state index in [9.17, 15) is 14.4 Å². The highest BCUT2D eigenvalue weighted by atomic mass is 16.2. The van der Waals surface area contributed by atoms with Gasteiger partial charge in [-0.2, -0.15) is 0 Å². The average molecular weight is 382 g/mol. The van der Waals surface area contributed by atoms with Crippen LogP contribution in [-0.4, -0.2) is 37.7 Å². The van der Waals surface area contributed by atoms with E-state index in [2.05, 4.69) is 15.2 Å². The number of hydrogen-bond acceptors (Lipinski definition) is 5. The molecule has 0 atom stereocenters. The topological polar surface area (TPSA) is 94.2 Å². The molecule has 0 saturated carbocycles. The van der Waals surface area contributed by atoms with E-state index in [0.29, 0.717) is 11.3 Å². The summed E-state index contributed by atoms with van der Waals surface area (Å²) in [7, 11) is 3.21. The molecule has 0 aliphatic carbocycles. The van der Waals surface area contributed by atoms with Gasteiger partial charge in [0.15, 0.2) is 11.2 Å². The van der Waals surface area contributed by atoms with Crippen molar-refractivity contribution in [3.8, 4) is 0 Å². The Morgan fingerprint density at radius 2 is 1.86 bits per heavy atom. The lowest BCUT2D eigenvalue weighted by molar-refractivity contribution is -0.116. The molecular formula is C19H22N6O3. The number of nitrogens with zero attached hydrogens (tertiary/aromatic N) is 5. The molecule has 1 aromatic carbocycles. The monoisotopic (exact) mass is 382 g/mol. The minimum Gasteiger partial charge on any atom is -0.370 e. The maximum absolute atomic E-state index is 12.7. The lowest BCUT2D eigenvalue weighted by Gasteiger charge is -2.21. The highest BCUT2D eigenvalue weighted by molar-refractivity contribution is 5.94. The van der Waals surface area contributed by atoms with E-state index >= 15 is 0 Å². The molecule has 0 bridgehead atoms. The van der Waals surface area contributed by atoms with E-state index in [1.807, 2.05) is 24.3 Å². The molecule has 1 saturated heterocycles. The summed E-state index contributed by atoms with van der Waals surface area (Å²) in [5.41, 5.74) is 1.12. The Balaban J connectivity index is 1.65. The van der Waals surface area contributed by atoms with Crippen molar-refractivity contribution in [3.63, 3.8) is 0 Å². The van der Waals surface area contributed by atoms with Crippen molar-refractivity contribution in [3.05, 3.63) is 51.4 Å². The van der Waals surface area contributed by atoms with Crippen LogP contribution in [0.25, 0.3) is 11.2 Å². The van der Waals surface area contributed by atoms with Crippen LogP contribution in [0.2, 0.25) is 0 Å². The number of benzene rings is 1. The molecule has 28 heavy (non-hydrogen) atoms. The Kier molecular flexibility index (Phi) is 4.50. The number of carbonyl (C=O) groups is 1. The molecule has 2 aromatic heterocycles. The Hall–Kier alpha value is -3.36. The van der Waals surface area contributed by atoms with Crippen LogP contribution >= 0.6 is 0 Å². The Morgan fingerprint density at radius 3 is 2.61 bits per heavy atom. The maximum Gasteiger partial charge on any atom is 0.332 e. The lowest BCUT2D eigenvalue weighted by atomic mass is 10.2. The number of nitrogens with one attached hydrogen (secondary N) is 1. The largest absolute Gasteiger partial charge is 0.370 e. The highest BCUT2D eigenvalue weighted by Gasteiger charge is 2.19. The highest BCUT2D eigenvalue weighted by Crippen LogP contribution is 2.28. The summed E-state index contributed by atoms with van der Waals surface area (Å²) >= 11 is 0. The number of imidazole rings is 1. The van der Waals surface area contributed by atoms with Crippen LogP contribution in [0.1, 0.15) is 12.8 Å². The molecule has 1 aliphatic rings. The molecule has 4 rings (SSSR count). The number of rotatable bonds is 4. The third-order valence-electron chi connectivity index (χ3n) is 5.13. The van der Waals surface area contributed by atoms with Gasteiger partial charge in [-0.1, -0.05) is 12.1 Å². The molecule has 1 aliphatic heterocycles. The number of para-hydroxylation sites is 2. The average Bonchev–Trinajstić information content (AvgIpc) is 3.34. The Labute approximate surface area is 160 Å². The second-order valence-electron chi connectivity index (χ2n) is 7.02. The van der Waals surface area contributed by atoms with E-state index in [-0.39, 0.29) is 12.1 Å². The second kappa shape index (κ2) is 6.99. The van der Waals surface area contributed by atoms with Crippen LogP contribution in [-0.2, 0) is 25.4 Å². The van der Waals surface area contributed by atoms with Gasteiger partial charge in [-0.15, -0.1) is 0 Å². The van der Waals surface area contributed by atoms with Crippen molar-refractivity contribution in [2.45, 2.75) is 19.4 Å². The third kappa shape index (κ3) is 2.98. The molecule has 0 unspecified atom stereocenters. The van der Waals surface area contributed by atoms with Gasteiger partial charge >= 0.3 is 5.69 Å². The number of fused-ring (bicyclic) bond motifs is 1. The van der Waals surface area contributed by atoms with Gasteiger partial charge in [0.05, 0.1) is 17.7 Å². The molecule has 9 heteroatoms. The van der Waals surface area contributed by atoms with Crippen molar-refractivity contribution in [1.29, 1.82) is 0 Å². The Morgan fingerprint density at radius 1 is 1.14 bits per heavy atom. The third-order valence-corrected chi connectivity index (χ3v) is 5.13. The first kappa shape index (κ1) is 18.0. The van der Waals surface area contributed by atoms with E-state index in [1.165, 1.54) is 17.9 Å². The lowest BCUT2D eigenvalue weighted by Crippen LogP contribution is -2.42.